The molecular weight excluding hydrogens is 372 g/mol. The van der Waals surface area contributed by atoms with Crippen LogP contribution in [-0.4, -0.2) is 22.8 Å². The number of carbonyl (C=O) groups excluding carboxylic acids is 1. The van der Waals surface area contributed by atoms with Crippen LogP contribution in [0.5, 0.6) is 0 Å². The van der Waals surface area contributed by atoms with Gasteiger partial charge in [0.15, 0.2) is 0 Å². The molecular formula is C15H12BrClN2O3. The predicted molar refractivity (Wildman–Crippen MR) is 88.0 cm³/mol. The Labute approximate surface area is 140 Å². The van der Waals surface area contributed by atoms with Gasteiger partial charge in [-0.2, -0.15) is 0 Å². The lowest BCUT2D eigenvalue weighted by molar-refractivity contribution is -0.385. The highest BCUT2D eigenvalue weighted by atomic mass is 79.9. The van der Waals surface area contributed by atoms with Crippen molar-refractivity contribution in [3.8, 4) is 0 Å². The summed E-state index contributed by atoms with van der Waals surface area (Å²) >= 11 is 9.01. The zero-order valence-electron chi connectivity index (χ0n) is 11.6. The lowest BCUT2D eigenvalue weighted by Crippen LogP contribution is -2.26. The number of hydrogen-bond donors (Lipinski definition) is 0. The molecule has 5 nitrogen and oxygen atoms in total. The van der Waals surface area contributed by atoms with Crippen molar-refractivity contribution in [2.75, 3.05) is 7.05 Å². The SMILES string of the molecule is CN(Cc1cccc(Cl)c1)C(=O)c1ccc(Br)c([N+](=O)[O-])c1. The first-order valence-corrected chi connectivity index (χ1v) is 7.49. The van der Waals surface area contributed by atoms with E-state index in [1.54, 1.807) is 31.3 Å². The number of benzene rings is 2. The lowest BCUT2D eigenvalue weighted by atomic mass is 10.1. The highest BCUT2D eigenvalue weighted by molar-refractivity contribution is 9.10. The van der Waals surface area contributed by atoms with E-state index in [9.17, 15) is 14.9 Å². The third-order valence-electron chi connectivity index (χ3n) is 3.05. The minimum absolute atomic E-state index is 0.137. The monoisotopic (exact) mass is 382 g/mol. The number of nitrogens with zero attached hydrogens (tertiary/aromatic N) is 2. The van der Waals surface area contributed by atoms with Gasteiger partial charge in [-0.15, -0.1) is 0 Å². The molecule has 7 heteroatoms. The van der Waals surface area contributed by atoms with Crippen molar-refractivity contribution in [2.45, 2.75) is 6.54 Å². The standard InChI is InChI=1S/C15H12BrClN2O3/c1-18(9-10-3-2-4-12(17)7-10)15(20)11-5-6-13(16)14(8-11)19(21)22/h2-8H,9H2,1H3. The number of amides is 1. The summed E-state index contributed by atoms with van der Waals surface area (Å²) in [4.78, 5) is 24.3. The topological polar surface area (TPSA) is 63.5 Å². The lowest BCUT2D eigenvalue weighted by Gasteiger charge is -2.17. The van der Waals surface area contributed by atoms with Gasteiger partial charge in [0.1, 0.15) is 0 Å². The van der Waals surface area contributed by atoms with Gasteiger partial charge in [-0.1, -0.05) is 23.7 Å². The predicted octanol–water partition coefficient (Wildman–Crippen LogP) is 4.28. The Morgan fingerprint density at radius 2 is 2.05 bits per heavy atom. The van der Waals surface area contributed by atoms with E-state index in [1.165, 1.54) is 17.0 Å². The number of nitro groups is 1. The summed E-state index contributed by atoms with van der Waals surface area (Å²) in [6.45, 7) is 0.364. The minimum atomic E-state index is -0.530. The van der Waals surface area contributed by atoms with Crippen LogP contribution in [0, 0.1) is 10.1 Å². The minimum Gasteiger partial charge on any atom is -0.337 e. The number of nitro benzene ring substituents is 1. The van der Waals surface area contributed by atoms with Crippen molar-refractivity contribution in [3.63, 3.8) is 0 Å². The average Bonchev–Trinajstić information content (AvgIpc) is 2.46. The molecule has 114 valence electrons. The molecule has 0 aliphatic carbocycles. The van der Waals surface area contributed by atoms with Crippen LogP contribution in [0.25, 0.3) is 0 Å². The van der Waals surface area contributed by atoms with Crippen LogP contribution in [0.15, 0.2) is 46.9 Å². The van der Waals surface area contributed by atoms with Crippen LogP contribution >= 0.6 is 27.5 Å². The Hall–Kier alpha value is -1.92. The van der Waals surface area contributed by atoms with Crippen LogP contribution in [0.1, 0.15) is 15.9 Å². The zero-order chi connectivity index (χ0) is 16.3. The van der Waals surface area contributed by atoms with Crippen molar-refractivity contribution >= 4 is 39.1 Å². The second kappa shape index (κ2) is 6.89. The van der Waals surface area contributed by atoms with Gasteiger partial charge >= 0.3 is 0 Å². The summed E-state index contributed by atoms with van der Waals surface area (Å²) in [5.74, 6) is -0.296. The molecule has 0 aliphatic heterocycles. The van der Waals surface area contributed by atoms with E-state index in [4.69, 9.17) is 11.6 Å². The molecule has 0 bridgehead atoms. The largest absolute Gasteiger partial charge is 0.337 e. The van der Waals surface area contributed by atoms with Gasteiger partial charge < -0.3 is 4.90 Å². The molecule has 2 aromatic rings. The molecule has 0 heterocycles. The molecule has 0 spiro atoms. The Kier molecular flexibility index (Phi) is 5.15. The highest BCUT2D eigenvalue weighted by Gasteiger charge is 2.18. The molecule has 1 amide bonds. The summed E-state index contributed by atoms with van der Waals surface area (Å²) < 4.78 is 0.339. The molecule has 22 heavy (non-hydrogen) atoms. The van der Waals surface area contributed by atoms with E-state index in [2.05, 4.69) is 15.9 Å². The molecule has 0 aromatic heterocycles. The Morgan fingerprint density at radius 1 is 1.32 bits per heavy atom. The van der Waals surface area contributed by atoms with Crippen LogP contribution in [0.3, 0.4) is 0 Å². The molecule has 2 rings (SSSR count). The number of hydrogen-bond acceptors (Lipinski definition) is 3. The van der Waals surface area contributed by atoms with Crippen molar-refractivity contribution in [1.82, 2.24) is 4.90 Å². The fourth-order valence-electron chi connectivity index (χ4n) is 1.99. The fraction of sp³-hybridized carbons (Fsp3) is 0.133. The third kappa shape index (κ3) is 3.84. The van der Waals surface area contributed by atoms with Gasteiger partial charge in [0.05, 0.1) is 9.40 Å². The smallest absolute Gasteiger partial charge is 0.284 e. The fourth-order valence-corrected chi connectivity index (χ4v) is 2.59. The van der Waals surface area contributed by atoms with E-state index < -0.39 is 4.92 Å². The maximum absolute atomic E-state index is 12.4. The number of halogens is 2. The number of rotatable bonds is 4. The van der Waals surface area contributed by atoms with E-state index in [0.717, 1.165) is 5.56 Å². The van der Waals surface area contributed by atoms with E-state index >= 15 is 0 Å². The van der Waals surface area contributed by atoms with E-state index in [0.29, 0.717) is 16.0 Å². The second-order valence-electron chi connectivity index (χ2n) is 4.71. The van der Waals surface area contributed by atoms with Crippen molar-refractivity contribution < 1.29 is 9.72 Å². The highest BCUT2D eigenvalue weighted by Crippen LogP contribution is 2.26. The van der Waals surface area contributed by atoms with Gasteiger partial charge in [-0.25, -0.2) is 0 Å². The molecule has 0 aliphatic rings. The molecule has 0 atom stereocenters. The first-order valence-electron chi connectivity index (χ1n) is 6.32. The Morgan fingerprint density at radius 3 is 2.68 bits per heavy atom. The summed E-state index contributed by atoms with van der Waals surface area (Å²) in [5.41, 5.74) is 1.01. The maximum atomic E-state index is 12.4. The first-order chi connectivity index (χ1) is 10.4. The summed E-state index contributed by atoms with van der Waals surface area (Å²) in [6.07, 6.45) is 0. The van der Waals surface area contributed by atoms with Crippen LogP contribution in [0.4, 0.5) is 5.69 Å². The Balaban J connectivity index is 2.20. The Bertz CT molecular complexity index is 736. The van der Waals surface area contributed by atoms with E-state index in [1.807, 2.05) is 6.07 Å². The molecule has 0 fully saturated rings. The van der Waals surface area contributed by atoms with Gasteiger partial charge in [0.2, 0.25) is 0 Å². The summed E-state index contributed by atoms with van der Waals surface area (Å²) in [6, 6.07) is 11.5. The molecule has 0 unspecified atom stereocenters. The molecule has 2 aromatic carbocycles. The summed E-state index contributed by atoms with van der Waals surface area (Å²) in [5, 5.41) is 11.5. The van der Waals surface area contributed by atoms with Gasteiger partial charge in [-0.05, 0) is 45.8 Å². The molecule has 0 radical (unpaired) electrons. The average molecular weight is 384 g/mol. The molecule has 0 saturated carbocycles. The van der Waals surface area contributed by atoms with Gasteiger partial charge in [-0.3, -0.25) is 14.9 Å². The van der Waals surface area contributed by atoms with E-state index in [-0.39, 0.29) is 17.2 Å². The summed E-state index contributed by atoms with van der Waals surface area (Å²) in [7, 11) is 1.64. The van der Waals surface area contributed by atoms with Gasteiger partial charge in [0, 0.05) is 30.2 Å². The first kappa shape index (κ1) is 16.5. The van der Waals surface area contributed by atoms with Crippen LogP contribution in [-0.2, 0) is 6.54 Å². The van der Waals surface area contributed by atoms with Crippen molar-refractivity contribution in [1.29, 1.82) is 0 Å². The molecule has 0 N–H and O–H groups in total. The van der Waals surface area contributed by atoms with Crippen LogP contribution < -0.4 is 0 Å². The van der Waals surface area contributed by atoms with Crippen molar-refractivity contribution in [2.24, 2.45) is 0 Å². The molecule has 0 saturated heterocycles. The third-order valence-corrected chi connectivity index (χ3v) is 3.95. The second-order valence-corrected chi connectivity index (χ2v) is 6.01. The van der Waals surface area contributed by atoms with Crippen LogP contribution in [0.2, 0.25) is 5.02 Å². The van der Waals surface area contributed by atoms with Crippen molar-refractivity contribution in [3.05, 3.63) is 73.2 Å². The zero-order valence-corrected chi connectivity index (χ0v) is 14.0. The maximum Gasteiger partial charge on any atom is 0.284 e. The normalized spacial score (nSPS) is 10.3. The quantitative estimate of drug-likeness (QED) is 0.584. The van der Waals surface area contributed by atoms with Gasteiger partial charge in [0.25, 0.3) is 11.6 Å². The number of carbonyl (C=O) groups is 1.